The predicted molar refractivity (Wildman–Crippen MR) is 64.9 cm³/mol. The van der Waals surface area contributed by atoms with Crippen LogP contribution >= 0.6 is 0 Å². The number of carboxylic acid groups (broad SMARTS) is 1. The molecule has 1 aliphatic heterocycles. The van der Waals surface area contributed by atoms with Crippen LogP contribution in [0.5, 0.6) is 5.88 Å². The Labute approximate surface area is 110 Å². The highest BCUT2D eigenvalue weighted by Gasteiger charge is 2.44. The number of piperidine rings is 1. The smallest absolute Gasteiger partial charge is 0.407 e. The molecule has 1 saturated heterocycles. The lowest BCUT2D eigenvalue weighted by atomic mass is 9.85. The van der Waals surface area contributed by atoms with Gasteiger partial charge in [-0.05, 0) is 6.07 Å². The van der Waals surface area contributed by atoms with E-state index in [1.807, 2.05) is 0 Å². The molecule has 0 bridgehead atoms. The molecule has 0 saturated carbocycles. The molecule has 7 heteroatoms. The first-order valence-corrected chi connectivity index (χ1v) is 5.87. The minimum Gasteiger partial charge on any atom is -0.481 e. The summed E-state index contributed by atoms with van der Waals surface area (Å²) < 4.78 is 4.98. The van der Waals surface area contributed by atoms with Crippen molar-refractivity contribution in [2.75, 3.05) is 20.2 Å². The first kappa shape index (κ1) is 13.6. The van der Waals surface area contributed by atoms with Gasteiger partial charge >= 0.3 is 6.09 Å². The maximum atomic E-state index is 10.8. The number of pyridine rings is 1. The van der Waals surface area contributed by atoms with E-state index in [1.54, 1.807) is 18.2 Å². The number of methoxy groups -OCH3 is 1. The van der Waals surface area contributed by atoms with Crippen molar-refractivity contribution in [2.45, 2.75) is 18.1 Å². The molecule has 2 atom stereocenters. The molecule has 104 valence electrons. The largest absolute Gasteiger partial charge is 0.481 e. The molecule has 2 rings (SSSR count). The van der Waals surface area contributed by atoms with Crippen LogP contribution in [0.3, 0.4) is 0 Å². The molecule has 19 heavy (non-hydrogen) atoms. The first-order chi connectivity index (χ1) is 8.97. The molecule has 2 heterocycles. The molecule has 1 aromatic heterocycles. The summed E-state index contributed by atoms with van der Waals surface area (Å²) in [6.07, 6.45) is -2.25. The van der Waals surface area contributed by atoms with Crippen molar-refractivity contribution in [3.8, 4) is 5.88 Å². The van der Waals surface area contributed by atoms with Gasteiger partial charge in [-0.15, -0.1) is 0 Å². The summed E-state index contributed by atoms with van der Waals surface area (Å²) in [6.45, 7) is -0.00743. The third-order valence-corrected chi connectivity index (χ3v) is 3.35. The van der Waals surface area contributed by atoms with Crippen LogP contribution in [0.2, 0.25) is 0 Å². The Morgan fingerprint density at radius 3 is 2.89 bits per heavy atom. The molecular weight excluding hydrogens is 252 g/mol. The number of likely N-dealkylation sites (tertiary alicyclic amines) is 1. The van der Waals surface area contributed by atoms with Crippen molar-refractivity contribution in [3.05, 3.63) is 23.9 Å². The van der Waals surface area contributed by atoms with Gasteiger partial charge in [-0.1, -0.05) is 6.07 Å². The van der Waals surface area contributed by atoms with E-state index >= 15 is 0 Å². The molecular formula is C12H16N2O5. The number of aromatic nitrogens is 1. The lowest BCUT2D eigenvalue weighted by molar-refractivity contribution is -0.122. The molecule has 1 aromatic rings. The fourth-order valence-electron chi connectivity index (χ4n) is 2.17. The third kappa shape index (κ3) is 2.47. The van der Waals surface area contributed by atoms with Gasteiger partial charge in [0.25, 0.3) is 0 Å². The van der Waals surface area contributed by atoms with Crippen LogP contribution in [0.15, 0.2) is 18.2 Å². The van der Waals surface area contributed by atoms with Crippen LogP contribution in [0, 0.1) is 0 Å². The molecule has 0 radical (unpaired) electrons. The van der Waals surface area contributed by atoms with Gasteiger partial charge in [-0.2, -0.15) is 0 Å². The van der Waals surface area contributed by atoms with Gasteiger partial charge in [0.15, 0.2) is 0 Å². The Balaban J connectivity index is 2.25. The second kappa shape index (κ2) is 5.02. The monoisotopic (exact) mass is 268 g/mol. The van der Waals surface area contributed by atoms with Crippen LogP contribution in [0.1, 0.15) is 12.1 Å². The summed E-state index contributed by atoms with van der Waals surface area (Å²) in [5.41, 5.74) is -1.27. The van der Waals surface area contributed by atoms with Crippen molar-refractivity contribution < 1.29 is 24.9 Å². The number of hydrogen-bond acceptors (Lipinski definition) is 5. The molecule has 1 fully saturated rings. The summed E-state index contributed by atoms with van der Waals surface area (Å²) in [6, 6.07) is 4.88. The van der Waals surface area contributed by atoms with Gasteiger partial charge in [0.2, 0.25) is 5.88 Å². The van der Waals surface area contributed by atoms with E-state index in [2.05, 4.69) is 4.98 Å². The summed E-state index contributed by atoms with van der Waals surface area (Å²) >= 11 is 0. The molecule has 0 spiro atoms. The van der Waals surface area contributed by atoms with E-state index in [0.717, 1.165) is 4.90 Å². The summed E-state index contributed by atoms with van der Waals surface area (Å²) in [7, 11) is 1.46. The van der Waals surface area contributed by atoms with Crippen molar-refractivity contribution >= 4 is 6.09 Å². The Morgan fingerprint density at radius 2 is 2.32 bits per heavy atom. The number of hydrogen-bond donors (Lipinski definition) is 3. The SMILES string of the molecule is COc1cccc(C2(O)CCN(C(=O)O)CC2O)n1. The van der Waals surface area contributed by atoms with E-state index in [-0.39, 0.29) is 25.2 Å². The maximum Gasteiger partial charge on any atom is 0.407 e. The average molecular weight is 268 g/mol. The Bertz CT molecular complexity index is 481. The molecule has 0 aromatic carbocycles. The van der Waals surface area contributed by atoms with Crippen molar-refractivity contribution in [1.29, 1.82) is 0 Å². The fraction of sp³-hybridized carbons (Fsp3) is 0.500. The Morgan fingerprint density at radius 1 is 1.58 bits per heavy atom. The topological polar surface area (TPSA) is 103 Å². The fourth-order valence-corrected chi connectivity index (χ4v) is 2.17. The van der Waals surface area contributed by atoms with Crippen LogP contribution in [0.4, 0.5) is 4.79 Å². The third-order valence-electron chi connectivity index (χ3n) is 3.35. The van der Waals surface area contributed by atoms with E-state index < -0.39 is 17.8 Å². The maximum absolute atomic E-state index is 10.8. The lowest BCUT2D eigenvalue weighted by Gasteiger charge is -2.40. The number of nitrogens with zero attached hydrogens (tertiary/aromatic N) is 2. The summed E-state index contributed by atoms with van der Waals surface area (Å²) in [5.74, 6) is 0.332. The van der Waals surface area contributed by atoms with Gasteiger partial charge in [0, 0.05) is 19.0 Å². The molecule has 1 amide bonds. The van der Waals surface area contributed by atoms with Crippen molar-refractivity contribution in [1.82, 2.24) is 9.88 Å². The highest BCUT2D eigenvalue weighted by atomic mass is 16.5. The van der Waals surface area contributed by atoms with Gasteiger partial charge in [-0.3, -0.25) is 0 Å². The number of aliphatic hydroxyl groups is 2. The second-order valence-electron chi connectivity index (χ2n) is 4.48. The minimum absolute atomic E-state index is 0.0840. The zero-order valence-corrected chi connectivity index (χ0v) is 10.5. The molecule has 0 aliphatic carbocycles. The average Bonchev–Trinajstić information content (AvgIpc) is 2.41. The molecule has 1 aliphatic rings. The van der Waals surface area contributed by atoms with E-state index in [9.17, 15) is 15.0 Å². The number of rotatable bonds is 2. The van der Waals surface area contributed by atoms with Crippen molar-refractivity contribution in [3.63, 3.8) is 0 Å². The number of β-amino-alcohol motifs (C(OH)–C–C–N with tert-alkyl or cyclic N) is 1. The number of aliphatic hydroxyl groups excluding tert-OH is 1. The number of carbonyl (C=O) groups is 1. The van der Waals surface area contributed by atoms with Crippen LogP contribution in [-0.2, 0) is 5.60 Å². The lowest BCUT2D eigenvalue weighted by Crippen LogP contribution is -2.55. The van der Waals surface area contributed by atoms with E-state index in [4.69, 9.17) is 9.84 Å². The number of amides is 1. The Hall–Kier alpha value is -1.86. The van der Waals surface area contributed by atoms with Crippen LogP contribution in [0.25, 0.3) is 0 Å². The zero-order valence-electron chi connectivity index (χ0n) is 10.5. The standard InChI is InChI=1S/C12H16N2O5/c1-19-10-4-2-3-8(13-10)12(18)5-6-14(11(16)17)7-9(12)15/h2-4,9,15,18H,5-7H2,1H3,(H,16,17). The van der Waals surface area contributed by atoms with E-state index in [0.29, 0.717) is 5.88 Å². The van der Waals surface area contributed by atoms with Crippen molar-refractivity contribution in [2.24, 2.45) is 0 Å². The van der Waals surface area contributed by atoms with Gasteiger partial charge in [-0.25, -0.2) is 9.78 Å². The highest BCUT2D eigenvalue weighted by molar-refractivity contribution is 5.65. The number of ether oxygens (including phenoxy) is 1. The normalized spacial score (nSPS) is 27.1. The zero-order chi connectivity index (χ0) is 14.0. The minimum atomic E-state index is -1.56. The summed E-state index contributed by atoms with van der Waals surface area (Å²) in [5, 5.41) is 29.4. The van der Waals surface area contributed by atoms with E-state index in [1.165, 1.54) is 7.11 Å². The van der Waals surface area contributed by atoms with Crippen LogP contribution < -0.4 is 4.74 Å². The van der Waals surface area contributed by atoms with Crippen LogP contribution in [-0.4, -0.2) is 57.6 Å². The van der Waals surface area contributed by atoms with Gasteiger partial charge in [0.1, 0.15) is 11.7 Å². The molecule has 7 nitrogen and oxygen atoms in total. The van der Waals surface area contributed by atoms with Gasteiger partial charge in [0.05, 0.1) is 19.3 Å². The predicted octanol–water partition coefficient (Wildman–Crippen LogP) is 0.0224. The first-order valence-electron chi connectivity index (χ1n) is 5.87. The van der Waals surface area contributed by atoms with Gasteiger partial charge < -0.3 is 25.0 Å². The Kier molecular flexibility index (Phi) is 3.59. The molecule has 3 N–H and O–H groups in total. The quantitative estimate of drug-likeness (QED) is 0.699. The summed E-state index contributed by atoms with van der Waals surface area (Å²) in [4.78, 5) is 16.0. The highest BCUT2D eigenvalue weighted by Crippen LogP contribution is 2.32. The molecule has 2 unspecified atom stereocenters. The second-order valence-corrected chi connectivity index (χ2v) is 4.48.